The Morgan fingerprint density at radius 3 is 0.894 bits per heavy atom. The van der Waals surface area contributed by atoms with Crippen LogP contribution in [-0.4, -0.2) is 9.52 Å². The van der Waals surface area contributed by atoms with Gasteiger partial charge in [0.15, 0.2) is 0 Å². The molecule has 358 valence electrons. The van der Waals surface area contributed by atoms with Gasteiger partial charge in [-0.1, -0.05) is 223 Å². The number of hydrogen-bond acceptors (Lipinski definition) is 0. The zero-order valence-electron chi connectivity index (χ0n) is 45.7. The van der Waals surface area contributed by atoms with Crippen LogP contribution in [0, 0.1) is 0 Å². The Balaban J connectivity index is 0.000000313. The molecule has 0 nitrogen and oxygen atoms in total. The van der Waals surface area contributed by atoms with Crippen LogP contribution in [0.25, 0.3) is 43.8 Å². The number of hydrogen-bond donors (Lipinski definition) is 0. The second-order valence-electron chi connectivity index (χ2n) is 24.9. The Hall–Kier alpha value is -2.22. The quantitative estimate of drug-likeness (QED) is 0.115. The summed E-state index contributed by atoms with van der Waals surface area (Å²) in [6.07, 6.45) is 4.56. The summed E-state index contributed by atoms with van der Waals surface area (Å²) in [5.74, 6) is 0. The predicted molar refractivity (Wildman–Crippen MR) is 299 cm³/mol. The van der Waals surface area contributed by atoms with Crippen molar-refractivity contribution in [3.63, 3.8) is 0 Å². The van der Waals surface area contributed by atoms with Crippen molar-refractivity contribution in [1.82, 2.24) is 0 Å². The number of rotatable bonds is 6. The second-order valence-corrected chi connectivity index (χ2v) is 29.6. The van der Waals surface area contributed by atoms with Gasteiger partial charge in [-0.15, -0.1) is 69.1 Å². The van der Waals surface area contributed by atoms with Gasteiger partial charge in [-0.25, -0.2) is 0 Å². The molecule has 0 unspecified atom stereocenters. The first-order valence-corrected chi connectivity index (χ1v) is 32.9. The third-order valence-corrected chi connectivity index (χ3v) is 12.6. The monoisotopic (exact) mass is 1020 g/mol. The fourth-order valence-electron chi connectivity index (χ4n) is 8.43. The van der Waals surface area contributed by atoms with Crippen LogP contribution in [0.1, 0.15) is 196 Å². The number of halogens is 2. The van der Waals surface area contributed by atoms with Crippen molar-refractivity contribution >= 4 is 48.1 Å². The first kappa shape index (κ1) is 58.1. The summed E-state index contributed by atoms with van der Waals surface area (Å²) in [6, 6.07) is 33.7. The first-order valence-electron chi connectivity index (χ1n) is 24.6. The third-order valence-electron chi connectivity index (χ3n) is 12.6. The van der Waals surface area contributed by atoms with Crippen molar-refractivity contribution in [2.75, 3.05) is 0 Å². The van der Waals surface area contributed by atoms with Crippen molar-refractivity contribution in [3.8, 4) is 22.3 Å². The van der Waals surface area contributed by atoms with Crippen LogP contribution in [0.3, 0.4) is 0 Å². The molecule has 0 N–H and O–H groups in total. The molecule has 0 heterocycles. The van der Waals surface area contributed by atoms with Crippen molar-refractivity contribution in [2.45, 2.75) is 210 Å². The van der Waals surface area contributed by atoms with Crippen LogP contribution < -0.4 is 0 Å². The van der Waals surface area contributed by atoms with Gasteiger partial charge in [-0.3, -0.25) is 0 Å². The first-order chi connectivity index (χ1) is 30.3. The molecule has 2 radical (unpaired) electrons. The third kappa shape index (κ3) is 15.4. The van der Waals surface area contributed by atoms with E-state index < -0.39 is 20.8 Å². The summed E-state index contributed by atoms with van der Waals surface area (Å²) >= 11 is -0.826. The van der Waals surface area contributed by atoms with Gasteiger partial charge >= 0.3 is 37.9 Å². The molecule has 0 bridgehead atoms. The number of benzene rings is 4. The van der Waals surface area contributed by atoms with E-state index in [1.807, 2.05) is 0 Å². The average Bonchev–Trinajstić information content (AvgIpc) is 3.83. The molecule has 0 fully saturated rings. The summed E-state index contributed by atoms with van der Waals surface area (Å²) in [7, 11) is 11.0. The zero-order valence-corrected chi connectivity index (χ0v) is 50.6. The molecule has 4 heteroatoms. The Kier molecular flexibility index (Phi) is 20.4. The van der Waals surface area contributed by atoms with E-state index >= 15 is 0 Å². The molecule has 0 aliphatic carbocycles. The molecule has 0 amide bonds. The molecule has 66 heavy (non-hydrogen) atoms. The van der Waals surface area contributed by atoms with Gasteiger partial charge in [-0.2, -0.15) is 12.1 Å². The number of fused-ring (bicyclic) bond motifs is 2. The summed E-state index contributed by atoms with van der Waals surface area (Å²) in [6.45, 7) is 50.6. The normalized spacial score (nSPS) is 12.5. The van der Waals surface area contributed by atoms with Gasteiger partial charge < -0.3 is 0 Å². The van der Waals surface area contributed by atoms with E-state index in [9.17, 15) is 0 Å². The van der Waals surface area contributed by atoms with Crippen LogP contribution in [0.15, 0.2) is 84.9 Å². The van der Waals surface area contributed by atoms with Crippen LogP contribution in [-0.2, 0) is 66.2 Å². The molecular weight excluding hydrogens is 935 g/mol. The van der Waals surface area contributed by atoms with Gasteiger partial charge in [0.05, 0.1) is 0 Å². The van der Waals surface area contributed by atoms with E-state index in [-0.39, 0.29) is 32.5 Å². The van der Waals surface area contributed by atoms with Gasteiger partial charge in [0, 0.05) is 9.52 Å². The Morgan fingerprint density at radius 2 is 0.682 bits per heavy atom. The van der Waals surface area contributed by atoms with E-state index in [0.717, 1.165) is 35.2 Å². The molecule has 6 rings (SSSR count). The van der Waals surface area contributed by atoms with Crippen LogP contribution in [0.2, 0.25) is 13.1 Å². The molecule has 0 saturated heterocycles. The second kappa shape index (κ2) is 23.1. The minimum atomic E-state index is -0.826. The summed E-state index contributed by atoms with van der Waals surface area (Å²) in [5, 5.41) is 5.56. The van der Waals surface area contributed by atoms with Crippen molar-refractivity contribution in [3.05, 3.63) is 129 Å². The molecule has 0 saturated carbocycles. The van der Waals surface area contributed by atoms with Crippen molar-refractivity contribution < 1.29 is 20.8 Å². The molecule has 0 aliphatic rings. The molecule has 0 atom stereocenters. The van der Waals surface area contributed by atoms with Crippen molar-refractivity contribution in [1.29, 1.82) is 0 Å². The van der Waals surface area contributed by atoms with E-state index in [4.69, 9.17) is 17.0 Å². The summed E-state index contributed by atoms with van der Waals surface area (Å²) < 4.78 is 0. The number of aryl methyl sites for hydroxylation is 2. The van der Waals surface area contributed by atoms with E-state index in [2.05, 4.69) is 236 Å². The van der Waals surface area contributed by atoms with Crippen molar-refractivity contribution in [2.24, 2.45) is 0 Å². The minimum absolute atomic E-state index is 0.122. The molecular formula is C62H88Cl2SiZr. The van der Waals surface area contributed by atoms with Crippen LogP contribution in [0.5, 0.6) is 0 Å². The fraction of sp³-hybridized carbons (Fsp3) is 0.516. The molecule has 6 aromatic rings. The van der Waals surface area contributed by atoms with Gasteiger partial charge in [-0.05, 0) is 78.7 Å². The maximum absolute atomic E-state index is 4.93. The standard InChI is InChI=1S/2C30H41.C2H6Si.2ClH.Zr/c2*1-11-12-20-13-14-21-15-25(30(8,9)10)19-26(21)27(20)22-16-23(28(2,3)4)18-24(17-22)29(5,6)7;1-3-2;;;/h2*13-19H,11-12H2,1-10H3;1-2H3;2*1H;/q2*-1;;;;+4/p-2. The summed E-state index contributed by atoms with van der Waals surface area (Å²) in [5.41, 5.74) is 18.0. The molecule has 0 aromatic heterocycles. The molecule has 6 aromatic carbocycles. The van der Waals surface area contributed by atoms with E-state index in [1.165, 1.54) is 88.3 Å². The topological polar surface area (TPSA) is 0 Å². The predicted octanol–water partition coefficient (Wildman–Crippen LogP) is 20.3. The Labute approximate surface area is 427 Å². The average molecular weight is 1020 g/mol. The zero-order chi connectivity index (χ0) is 50.4. The maximum atomic E-state index is 4.93. The Morgan fingerprint density at radius 1 is 0.424 bits per heavy atom. The van der Waals surface area contributed by atoms with E-state index in [0.29, 0.717) is 0 Å². The van der Waals surface area contributed by atoms with Gasteiger partial charge in [0.1, 0.15) is 0 Å². The van der Waals surface area contributed by atoms with Crippen LogP contribution >= 0.6 is 17.0 Å². The van der Waals surface area contributed by atoms with Gasteiger partial charge in [0.25, 0.3) is 0 Å². The summed E-state index contributed by atoms with van der Waals surface area (Å²) in [4.78, 5) is 0. The molecule has 0 spiro atoms. The Bertz CT molecular complexity index is 2240. The van der Waals surface area contributed by atoms with Crippen LogP contribution in [0.4, 0.5) is 0 Å². The SMILES string of the molecule is CCCc1ccc2[cH-]c(C(C)(C)C)cc2c1-c1cc(C(C)(C)C)cc(C(C)(C)C)c1.CCCc1ccc2[cH-]c(C(C)(C)C)cc2c1-c1cc(C(C)(C)C)cc(C(C)(C)C)c1.C[Si]C.[Cl][Zr+2][Cl]. The van der Waals surface area contributed by atoms with Gasteiger partial charge in [0.2, 0.25) is 0 Å². The molecule has 0 aliphatic heterocycles. The fourth-order valence-corrected chi connectivity index (χ4v) is 8.43. The van der Waals surface area contributed by atoms with E-state index in [1.54, 1.807) is 0 Å².